The van der Waals surface area contributed by atoms with E-state index < -0.39 is 0 Å². The van der Waals surface area contributed by atoms with E-state index in [1.807, 2.05) is 35.8 Å². The summed E-state index contributed by atoms with van der Waals surface area (Å²) in [6.45, 7) is 3.81. The summed E-state index contributed by atoms with van der Waals surface area (Å²) in [5, 5.41) is 0. The van der Waals surface area contributed by atoms with Crippen molar-refractivity contribution in [2.24, 2.45) is 0 Å². The van der Waals surface area contributed by atoms with Gasteiger partial charge in [-0.15, -0.1) is 0 Å². The summed E-state index contributed by atoms with van der Waals surface area (Å²) in [6, 6.07) is 11.1. The minimum absolute atomic E-state index is 0.193. The maximum absolute atomic E-state index is 13.6. The topological polar surface area (TPSA) is 17.8 Å². The molecule has 0 unspecified atom stereocenters. The molecule has 0 saturated carbocycles. The number of hydrogen-bond donors (Lipinski definition) is 0. The first-order valence-electron chi connectivity index (χ1n) is 5.86. The molecule has 0 aliphatic rings. The molecular weight excluding hydrogens is 227 g/mol. The second-order valence-electron chi connectivity index (χ2n) is 4.44. The Morgan fingerprint density at radius 3 is 2.67 bits per heavy atom. The Hall–Kier alpha value is -2.16. The summed E-state index contributed by atoms with van der Waals surface area (Å²) < 4.78 is 15.5. The molecule has 0 radical (unpaired) electrons. The quantitative estimate of drug-likeness (QED) is 0.633. The Morgan fingerprint density at radius 2 is 1.83 bits per heavy atom. The minimum Gasteiger partial charge on any atom is -0.298 e. The van der Waals surface area contributed by atoms with Crippen LogP contribution in [0, 0.1) is 19.7 Å². The van der Waals surface area contributed by atoms with Gasteiger partial charge in [0.1, 0.15) is 12.1 Å². The zero-order valence-corrected chi connectivity index (χ0v) is 10.3. The normalized spacial score (nSPS) is 11.1. The van der Waals surface area contributed by atoms with E-state index >= 15 is 0 Å². The van der Waals surface area contributed by atoms with Crippen LogP contribution >= 0.6 is 0 Å². The molecule has 0 spiro atoms. The number of benzene rings is 2. The summed E-state index contributed by atoms with van der Waals surface area (Å²) in [5.41, 5.74) is 4.56. The Bertz CT molecular complexity index is 728. The summed E-state index contributed by atoms with van der Waals surface area (Å²) >= 11 is 0. The molecular formula is C15H13FN2. The average Bonchev–Trinajstić information content (AvgIpc) is 2.78. The monoisotopic (exact) mass is 240 g/mol. The van der Waals surface area contributed by atoms with Crippen LogP contribution in [-0.2, 0) is 0 Å². The lowest BCUT2D eigenvalue weighted by Crippen LogP contribution is -1.97. The van der Waals surface area contributed by atoms with E-state index in [-0.39, 0.29) is 5.82 Å². The van der Waals surface area contributed by atoms with Gasteiger partial charge >= 0.3 is 0 Å². The van der Waals surface area contributed by atoms with Crippen molar-refractivity contribution < 1.29 is 4.39 Å². The van der Waals surface area contributed by atoms with Crippen LogP contribution in [0.4, 0.5) is 4.39 Å². The van der Waals surface area contributed by atoms with Gasteiger partial charge < -0.3 is 0 Å². The summed E-state index contributed by atoms with van der Waals surface area (Å²) in [7, 11) is 0. The zero-order chi connectivity index (χ0) is 12.7. The highest BCUT2D eigenvalue weighted by molar-refractivity contribution is 5.80. The number of aryl methyl sites for hydroxylation is 1. The van der Waals surface area contributed by atoms with Gasteiger partial charge in [-0.3, -0.25) is 4.57 Å². The molecule has 3 heteroatoms. The molecule has 0 fully saturated rings. The van der Waals surface area contributed by atoms with Crippen molar-refractivity contribution >= 4 is 11.0 Å². The van der Waals surface area contributed by atoms with Crippen molar-refractivity contribution in [3.8, 4) is 5.69 Å². The highest BCUT2D eigenvalue weighted by Crippen LogP contribution is 2.23. The van der Waals surface area contributed by atoms with Crippen LogP contribution in [0.5, 0.6) is 0 Å². The number of para-hydroxylation sites is 1. The molecule has 0 aliphatic carbocycles. The molecule has 0 saturated heterocycles. The molecule has 1 heterocycles. The van der Waals surface area contributed by atoms with E-state index in [0.29, 0.717) is 5.56 Å². The third-order valence-corrected chi connectivity index (χ3v) is 3.28. The SMILES string of the molecule is Cc1c(F)cccc1-n1cnc2c(C)cccc21. The van der Waals surface area contributed by atoms with Crippen LogP contribution in [0.3, 0.4) is 0 Å². The first-order valence-corrected chi connectivity index (χ1v) is 5.86. The summed E-state index contributed by atoms with van der Waals surface area (Å²) in [4.78, 5) is 4.41. The highest BCUT2D eigenvalue weighted by atomic mass is 19.1. The molecule has 90 valence electrons. The van der Waals surface area contributed by atoms with Crippen LogP contribution in [0.15, 0.2) is 42.7 Å². The summed E-state index contributed by atoms with van der Waals surface area (Å²) in [6.07, 6.45) is 1.75. The van der Waals surface area contributed by atoms with Crippen molar-refractivity contribution in [2.75, 3.05) is 0 Å². The van der Waals surface area contributed by atoms with Crippen molar-refractivity contribution in [1.82, 2.24) is 9.55 Å². The van der Waals surface area contributed by atoms with Crippen molar-refractivity contribution in [1.29, 1.82) is 0 Å². The maximum Gasteiger partial charge on any atom is 0.128 e. The Balaban J connectivity index is 2.33. The van der Waals surface area contributed by atoms with E-state index in [1.165, 1.54) is 6.07 Å². The van der Waals surface area contributed by atoms with Gasteiger partial charge in [-0.25, -0.2) is 9.37 Å². The number of nitrogens with zero attached hydrogens (tertiary/aromatic N) is 2. The molecule has 2 aromatic carbocycles. The van der Waals surface area contributed by atoms with E-state index in [1.54, 1.807) is 19.3 Å². The fourth-order valence-electron chi connectivity index (χ4n) is 2.23. The van der Waals surface area contributed by atoms with Crippen LogP contribution < -0.4 is 0 Å². The fourth-order valence-corrected chi connectivity index (χ4v) is 2.23. The van der Waals surface area contributed by atoms with Gasteiger partial charge in [0, 0.05) is 5.56 Å². The average molecular weight is 240 g/mol. The molecule has 1 aromatic heterocycles. The highest BCUT2D eigenvalue weighted by Gasteiger charge is 2.09. The lowest BCUT2D eigenvalue weighted by molar-refractivity contribution is 0.617. The number of hydrogen-bond acceptors (Lipinski definition) is 1. The predicted octanol–water partition coefficient (Wildman–Crippen LogP) is 3.78. The van der Waals surface area contributed by atoms with E-state index in [9.17, 15) is 4.39 Å². The van der Waals surface area contributed by atoms with Crippen LogP contribution in [0.1, 0.15) is 11.1 Å². The molecule has 18 heavy (non-hydrogen) atoms. The molecule has 0 N–H and O–H groups in total. The van der Waals surface area contributed by atoms with Crippen LogP contribution in [0.25, 0.3) is 16.7 Å². The van der Waals surface area contributed by atoms with Gasteiger partial charge in [-0.05, 0) is 37.6 Å². The van der Waals surface area contributed by atoms with Gasteiger partial charge in [0.25, 0.3) is 0 Å². The molecule has 0 bridgehead atoms. The number of rotatable bonds is 1. The lowest BCUT2D eigenvalue weighted by atomic mass is 10.1. The van der Waals surface area contributed by atoms with Crippen molar-refractivity contribution in [3.05, 3.63) is 59.7 Å². The Kier molecular flexibility index (Phi) is 2.40. The Morgan fingerprint density at radius 1 is 1.06 bits per heavy atom. The van der Waals surface area contributed by atoms with Gasteiger partial charge in [0.2, 0.25) is 0 Å². The molecule has 2 nitrogen and oxygen atoms in total. The fraction of sp³-hybridized carbons (Fsp3) is 0.133. The van der Waals surface area contributed by atoms with Crippen molar-refractivity contribution in [3.63, 3.8) is 0 Å². The zero-order valence-electron chi connectivity index (χ0n) is 10.3. The summed E-state index contributed by atoms with van der Waals surface area (Å²) in [5.74, 6) is -0.193. The van der Waals surface area contributed by atoms with Gasteiger partial charge in [0.05, 0.1) is 16.7 Å². The predicted molar refractivity (Wildman–Crippen MR) is 70.5 cm³/mol. The molecule has 3 aromatic rings. The van der Waals surface area contributed by atoms with Gasteiger partial charge in [-0.2, -0.15) is 0 Å². The van der Waals surface area contributed by atoms with E-state index in [2.05, 4.69) is 4.98 Å². The maximum atomic E-state index is 13.6. The van der Waals surface area contributed by atoms with Crippen LogP contribution in [0.2, 0.25) is 0 Å². The molecule has 0 aliphatic heterocycles. The second-order valence-corrected chi connectivity index (χ2v) is 4.44. The third kappa shape index (κ3) is 1.51. The number of fused-ring (bicyclic) bond motifs is 1. The van der Waals surface area contributed by atoms with Crippen LogP contribution in [-0.4, -0.2) is 9.55 Å². The first-order chi connectivity index (χ1) is 8.68. The smallest absolute Gasteiger partial charge is 0.128 e. The third-order valence-electron chi connectivity index (χ3n) is 3.28. The molecule has 3 rings (SSSR count). The van der Waals surface area contributed by atoms with Gasteiger partial charge in [0.15, 0.2) is 0 Å². The molecule has 0 atom stereocenters. The standard InChI is InChI=1S/C15H13FN2/c1-10-5-3-8-14-15(10)17-9-18(14)13-7-4-6-12(16)11(13)2/h3-9H,1-2H3. The largest absolute Gasteiger partial charge is 0.298 e. The van der Waals surface area contributed by atoms with Gasteiger partial charge in [-0.1, -0.05) is 18.2 Å². The minimum atomic E-state index is -0.193. The number of aromatic nitrogens is 2. The lowest BCUT2D eigenvalue weighted by Gasteiger charge is -2.08. The number of imidazole rings is 1. The Labute approximate surface area is 105 Å². The molecule has 0 amide bonds. The first kappa shape index (κ1) is 11.0. The van der Waals surface area contributed by atoms with E-state index in [4.69, 9.17) is 0 Å². The van der Waals surface area contributed by atoms with E-state index in [0.717, 1.165) is 22.3 Å². The van der Waals surface area contributed by atoms with Crippen molar-refractivity contribution in [2.45, 2.75) is 13.8 Å². The second kappa shape index (κ2) is 3.95. The number of halogens is 1.